The SMILES string of the molecule is c1ccc(-c2ccc3c(c2)c2cc(-c4ccccc4)ccc2n3-c2cccc(-c3cccc(-c4cccc5c4c4cccc6c4n5-c4ccccc4O6)c3)c2)cc1. The molecule has 0 saturated carbocycles. The van der Waals surface area contributed by atoms with Crippen LogP contribution in [0, 0.1) is 0 Å². The highest BCUT2D eigenvalue weighted by Gasteiger charge is 2.25. The summed E-state index contributed by atoms with van der Waals surface area (Å²) in [4.78, 5) is 0. The van der Waals surface area contributed by atoms with Crippen LogP contribution in [0.5, 0.6) is 11.5 Å². The second kappa shape index (κ2) is 12.5. The average Bonchev–Trinajstić information content (AvgIpc) is 3.80. The standard InChI is InChI=1S/C54H34N2O/c1-3-13-35(14-4-1)39-27-29-47-45(33-39)46-34-40(36-15-5-2-6-16-36)28-30-48(46)55(47)42-20-10-18-38(32-42)37-17-9-19-41(31-37)43-21-11-24-50-53(43)44-22-12-26-52-54(44)56(50)49-23-7-8-25-51(49)57-52/h1-34H. The van der Waals surface area contributed by atoms with Crippen LogP contribution in [0.15, 0.2) is 206 Å². The summed E-state index contributed by atoms with van der Waals surface area (Å²) in [6, 6.07) is 74.5. The zero-order valence-electron chi connectivity index (χ0n) is 30.9. The first kappa shape index (κ1) is 31.7. The zero-order chi connectivity index (χ0) is 37.5. The Morgan fingerprint density at radius 3 is 1.61 bits per heavy atom. The summed E-state index contributed by atoms with van der Waals surface area (Å²) in [5.74, 6) is 1.76. The van der Waals surface area contributed by atoms with Gasteiger partial charge in [0.15, 0.2) is 11.5 Å². The molecule has 0 aliphatic carbocycles. The van der Waals surface area contributed by atoms with Crippen molar-refractivity contribution >= 4 is 43.6 Å². The number of rotatable bonds is 5. The van der Waals surface area contributed by atoms with Gasteiger partial charge in [-0.3, -0.25) is 0 Å². The summed E-state index contributed by atoms with van der Waals surface area (Å²) in [5, 5.41) is 4.90. The number of hydrogen-bond donors (Lipinski definition) is 0. The molecule has 3 heterocycles. The number of para-hydroxylation sites is 3. The van der Waals surface area contributed by atoms with E-state index < -0.39 is 0 Å². The van der Waals surface area contributed by atoms with Gasteiger partial charge in [0.1, 0.15) is 0 Å². The van der Waals surface area contributed by atoms with E-state index in [1.54, 1.807) is 0 Å². The Hall–Kier alpha value is -7.62. The molecule has 0 spiro atoms. The van der Waals surface area contributed by atoms with E-state index in [9.17, 15) is 0 Å². The topological polar surface area (TPSA) is 19.1 Å². The van der Waals surface area contributed by atoms with Gasteiger partial charge in [0.2, 0.25) is 0 Å². The maximum Gasteiger partial charge on any atom is 0.152 e. The van der Waals surface area contributed by atoms with E-state index >= 15 is 0 Å². The summed E-state index contributed by atoms with van der Waals surface area (Å²) >= 11 is 0. The second-order valence-corrected chi connectivity index (χ2v) is 14.9. The summed E-state index contributed by atoms with van der Waals surface area (Å²) in [7, 11) is 0. The second-order valence-electron chi connectivity index (χ2n) is 14.9. The molecule has 0 amide bonds. The Kier molecular flexibility index (Phi) is 6.93. The van der Waals surface area contributed by atoms with Crippen molar-refractivity contribution in [2.75, 3.05) is 0 Å². The van der Waals surface area contributed by atoms with E-state index in [2.05, 4.69) is 203 Å². The number of hydrogen-bond acceptors (Lipinski definition) is 1. The monoisotopic (exact) mass is 726 g/mol. The van der Waals surface area contributed by atoms with Gasteiger partial charge in [-0.2, -0.15) is 0 Å². The Morgan fingerprint density at radius 2 is 0.877 bits per heavy atom. The van der Waals surface area contributed by atoms with Crippen molar-refractivity contribution in [1.29, 1.82) is 0 Å². The molecule has 0 atom stereocenters. The van der Waals surface area contributed by atoms with Gasteiger partial charge < -0.3 is 13.9 Å². The third-order valence-corrected chi connectivity index (χ3v) is 11.7. The molecule has 3 nitrogen and oxygen atoms in total. The van der Waals surface area contributed by atoms with Crippen molar-refractivity contribution < 1.29 is 4.74 Å². The lowest BCUT2D eigenvalue weighted by Crippen LogP contribution is -2.03. The summed E-state index contributed by atoms with van der Waals surface area (Å²) in [6.45, 7) is 0. The number of fused-ring (bicyclic) bond motifs is 8. The van der Waals surface area contributed by atoms with Crippen LogP contribution in [0.3, 0.4) is 0 Å². The zero-order valence-corrected chi connectivity index (χ0v) is 30.9. The largest absolute Gasteiger partial charge is 0.453 e. The molecule has 1 aliphatic heterocycles. The third kappa shape index (κ3) is 4.92. The molecule has 266 valence electrons. The first-order chi connectivity index (χ1) is 28.3. The molecular weight excluding hydrogens is 693 g/mol. The van der Waals surface area contributed by atoms with Gasteiger partial charge in [-0.25, -0.2) is 0 Å². The van der Waals surface area contributed by atoms with Crippen LogP contribution in [0.4, 0.5) is 0 Å². The number of ether oxygens (including phenoxy) is 1. The van der Waals surface area contributed by atoms with E-state index in [-0.39, 0.29) is 0 Å². The lowest BCUT2D eigenvalue weighted by atomic mass is 9.95. The van der Waals surface area contributed by atoms with Crippen molar-refractivity contribution in [3.63, 3.8) is 0 Å². The fourth-order valence-electron chi connectivity index (χ4n) is 9.12. The van der Waals surface area contributed by atoms with E-state index in [1.165, 1.54) is 82.6 Å². The van der Waals surface area contributed by atoms with Crippen LogP contribution >= 0.6 is 0 Å². The smallest absolute Gasteiger partial charge is 0.152 e. The molecule has 0 fully saturated rings. The summed E-state index contributed by atoms with van der Waals surface area (Å²) < 4.78 is 11.2. The van der Waals surface area contributed by atoms with Crippen LogP contribution in [0.25, 0.3) is 99.5 Å². The number of benzene rings is 9. The maximum absolute atomic E-state index is 6.43. The van der Waals surface area contributed by atoms with E-state index in [0.29, 0.717) is 0 Å². The normalized spacial score (nSPS) is 12.0. The van der Waals surface area contributed by atoms with Crippen molar-refractivity contribution in [3.8, 4) is 67.4 Å². The Balaban J connectivity index is 1.01. The number of aromatic nitrogens is 2. The van der Waals surface area contributed by atoms with Gasteiger partial charge in [-0.1, -0.05) is 140 Å². The van der Waals surface area contributed by atoms with E-state index in [0.717, 1.165) is 28.4 Å². The fourth-order valence-corrected chi connectivity index (χ4v) is 9.12. The third-order valence-electron chi connectivity index (χ3n) is 11.7. The van der Waals surface area contributed by atoms with E-state index in [1.807, 2.05) is 12.1 Å². The quantitative estimate of drug-likeness (QED) is 0.173. The molecule has 9 aromatic carbocycles. The van der Waals surface area contributed by atoms with Crippen LogP contribution in [-0.2, 0) is 0 Å². The Labute approximate surface area is 329 Å². The number of nitrogens with zero attached hydrogens (tertiary/aromatic N) is 2. The van der Waals surface area contributed by atoms with Crippen molar-refractivity contribution in [2.24, 2.45) is 0 Å². The predicted octanol–water partition coefficient (Wildman–Crippen LogP) is 14.7. The summed E-state index contributed by atoms with van der Waals surface area (Å²) in [6.07, 6.45) is 0. The molecule has 0 radical (unpaired) electrons. The van der Waals surface area contributed by atoms with Gasteiger partial charge in [0.25, 0.3) is 0 Å². The van der Waals surface area contributed by atoms with Gasteiger partial charge in [0, 0.05) is 27.2 Å². The first-order valence-electron chi connectivity index (χ1n) is 19.5. The molecule has 11 aromatic rings. The van der Waals surface area contributed by atoms with E-state index in [4.69, 9.17) is 4.74 Å². The highest BCUT2D eigenvalue weighted by atomic mass is 16.5. The van der Waals surface area contributed by atoms with Gasteiger partial charge in [0.05, 0.1) is 27.8 Å². The average molecular weight is 727 g/mol. The lowest BCUT2D eigenvalue weighted by molar-refractivity contribution is 0.476. The van der Waals surface area contributed by atoms with Crippen LogP contribution in [0.2, 0.25) is 0 Å². The molecule has 3 heteroatoms. The molecule has 0 N–H and O–H groups in total. The summed E-state index contributed by atoms with van der Waals surface area (Å²) in [5.41, 5.74) is 16.4. The van der Waals surface area contributed by atoms with Crippen LogP contribution < -0.4 is 4.74 Å². The molecule has 2 aromatic heterocycles. The minimum absolute atomic E-state index is 0.874. The predicted molar refractivity (Wildman–Crippen MR) is 237 cm³/mol. The molecule has 0 bridgehead atoms. The minimum Gasteiger partial charge on any atom is -0.453 e. The molecule has 0 unspecified atom stereocenters. The Bertz CT molecular complexity index is 3270. The first-order valence-corrected chi connectivity index (χ1v) is 19.5. The van der Waals surface area contributed by atoms with Crippen molar-refractivity contribution in [3.05, 3.63) is 206 Å². The Morgan fingerprint density at radius 1 is 0.316 bits per heavy atom. The molecular formula is C54H34N2O. The highest BCUT2D eigenvalue weighted by molar-refractivity contribution is 6.18. The van der Waals surface area contributed by atoms with Crippen LogP contribution in [0.1, 0.15) is 0 Å². The maximum atomic E-state index is 6.43. The molecule has 1 aliphatic rings. The van der Waals surface area contributed by atoms with Crippen molar-refractivity contribution in [1.82, 2.24) is 9.13 Å². The lowest BCUT2D eigenvalue weighted by Gasteiger charge is -2.20. The fraction of sp³-hybridized carbons (Fsp3) is 0. The van der Waals surface area contributed by atoms with Crippen LogP contribution in [-0.4, -0.2) is 9.13 Å². The minimum atomic E-state index is 0.874. The molecule has 57 heavy (non-hydrogen) atoms. The van der Waals surface area contributed by atoms with Gasteiger partial charge >= 0.3 is 0 Å². The van der Waals surface area contributed by atoms with Gasteiger partial charge in [-0.15, -0.1) is 0 Å². The molecule has 0 saturated heterocycles. The van der Waals surface area contributed by atoms with Crippen molar-refractivity contribution in [2.45, 2.75) is 0 Å². The van der Waals surface area contributed by atoms with Gasteiger partial charge in [-0.05, 0) is 111 Å². The molecule has 12 rings (SSSR count). The highest BCUT2D eigenvalue weighted by Crippen LogP contribution is 2.47.